The normalized spacial score (nSPS) is 11.2. The van der Waals surface area contributed by atoms with Crippen LogP contribution >= 0.6 is 23.4 Å². The SMILES string of the molecule is C=C(Nc1cc(C)nc(C)n1)S/C(=C\C)C(=C)Nc1c(Cl)ccnc1C. The lowest BCUT2D eigenvalue weighted by atomic mass is 10.3. The number of halogens is 1. The molecule has 0 amide bonds. The summed E-state index contributed by atoms with van der Waals surface area (Å²) in [6, 6.07) is 3.62. The van der Waals surface area contributed by atoms with Crippen molar-refractivity contribution in [1.82, 2.24) is 15.0 Å². The Bertz CT molecular complexity index is 836. The smallest absolute Gasteiger partial charge is 0.134 e. The van der Waals surface area contributed by atoms with Gasteiger partial charge in [-0.15, -0.1) is 0 Å². The molecule has 2 heterocycles. The van der Waals surface area contributed by atoms with E-state index < -0.39 is 0 Å². The molecule has 0 fully saturated rings. The largest absolute Gasteiger partial charge is 0.352 e. The molecule has 136 valence electrons. The van der Waals surface area contributed by atoms with Gasteiger partial charge in [-0.05, 0) is 33.8 Å². The van der Waals surface area contributed by atoms with Crippen molar-refractivity contribution in [1.29, 1.82) is 0 Å². The summed E-state index contributed by atoms with van der Waals surface area (Å²) in [5.41, 5.74) is 3.17. The molecule has 5 nitrogen and oxygen atoms in total. The maximum absolute atomic E-state index is 6.25. The first-order valence-electron chi connectivity index (χ1n) is 8.00. The Kier molecular flexibility index (Phi) is 6.83. The fourth-order valence-corrected chi connectivity index (χ4v) is 3.23. The van der Waals surface area contributed by atoms with Gasteiger partial charge in [0.25, 0.3) is 0 Å². The van der Waals surface area contributed by atoms with Gasteiger partial charge in [0, 0.05) is 28.6 Å². The minimum atomic E-state index is 0.600. The molecule has 0 aliphatic rings. The number of thioether (sulfide) groups is 1. The van der Waals surface area contributed by atoms with E-state index >= 15 is 0 Å². The summed E-state index contributed by atoms with van der Waals surface area (Å²) in [5, 5.41) is 7.77. The zero-order chi connectivity index (χ0) is 19.3. The summed E-state index contributed by atoms with van der Waals surface area (Å²) in [4.78, 5) is 13.8. The molecule has 0 aliphatic heterocycles. The third-order valence-electron chi connectivity index (χ3n) is 3.39. The van der Waals surface area contributed by atoms with E-state index in [2.05, 4.69) is 38.7 Å². The molecular weight excluding hydrogens is 366 g/mol. The third kappa shape index (κ3) is 5.34. The minimum Gasteiger partial charge on any atom is -0.352 e. The zero-order valence-corrected chi connectivity index (χ0v) is 16.9. The minimum absolute atomic E-state index is 0.600. The van der Waals surface area contributed by atoms with Crippen LogP contribution in [-0.2, 0) is 0 Å². The van der Waals surface area contributed by atoms with Crippen LogP contribution in [0, 0.1) is 20.8 Å². The van der Waals surface area contributed by atoms with Crippen molar-refractivity contribution >= 4 is 34.9 Å². The Morgan fingerprint density at radius 3 is 2.54 bits per heavy atom. The second kappa shape index (κ2) is 8.87. The first-order valence-corrected chi connectivity index (χ1v) is 9.19. The highest BCUT2D eigenvalue weighted by Crippen LogP contribution is 2.32. The van der Waals surface area contributed by atoms with Gasteiger partial charge in [0.1, 0.15) is 11.6 Å². The molecule has 0 aromatic carbocycles. The van der Waals surface area contributed by atoms with Crippen LogP contribution in [0.1, 0.15) is 24.1 Å². The Morgan fingerprint density at radius 1 is 1.19 bits per heavy atom. The van der Waals surface area contributed by atoms with Gasteiger partial charge in [0.2, 0.25) is 0 Å². The summed E-state index contributed by atoms with van der Waals surface area (Å²) < 4.78 is 0. The lowest BCUT2D eigenvalue weighted by molar-refractivity contribution is 1.01. The summed E-state index contributed by atoms with van der Waals surface area (Å²) in [6.07, 6.45) is 3.64. The Morgan fingerprint density at radius 2 is 1.92 bits per heavy atom. The van der Waals surface area contributed by atoms with Crippen molar-refractivity contribution in [3.8, 4) is 0 Å². The summed E-state index contributed by atoms with van der Waals surface area (Å²) in [5.74, 6) is 1.43. The second-order valence-corrected chi connectivity index (χ2v) is 7.15. The van der Waals surface area contributed by atoms with E-state index in [1.807, 2.05) is 39.8 Å². The van der Waals surface area contributed by atoms with Gasteiger partial charge in [-0.25, -0.2) is 9.97 Å². The van der Waals surface area contributed by atoms with E-state index in [-0.39, 0.29) is 0 Å². The molecule has 0 saturated heterocycles. The van der Waals surface area contributed by atoms with Crippen LogP contribution in [0.5, 0.6) is 0 Å². The van der Waals surface area contributed by atoms with E-state index in [4.69, 9.17) is 11.6 Å². The Hall–Kier alpha value is -2.31. The van der Waals surface area contributed by atoms with E-state index in [9.17, 15) is 0 Å². The number of allylic oxidation sites excluding steroid dienone is 1. The van der Waals surface area contributed by atoms with Crippen LogP contribution in [0.25, 0.3) is 0 Å². The second-order valence-electron chi connectivity index (χ2n) is 5.60. The number of anilines is 2. The highest BCUT2D eigenvalue weighted by Gasteiger charge is 2.11. The highest BCUT2D eigenvalue weighted by atomic mass is 35.5. The molecule has 2 rings (SSSR count). The summed E-state index contributed by atoms with van der Waals surface area (Å²) >= 11 is 7.71. The molecule has 2 N–H and O–H groups in total. The molecule has 2 aromatic heterocycles. The topological polar surface area (TPSA) is 62.7 Å². The molecular formula is C19H22ClN5S. The van der Waals surface area contributed by atoms with Crippen LogP contribution in [-0.4, -0.2) is 15.0 Å². The van der Waals surface area contributed by atoms with E-state index in [1.165, 1.54) is 11.8 Å². The molecule has 0 saturated carbocycles. The average molecular weight is 388 g/mol. The first-order chi connectivity index (χ1) is 12.3. The van der Waals surface area contributed by atoms with Crippen LogP contribution in [0.15, 0.2) is 53.2 Å². The number of hydrogen-bond acceptors (Lipinski definition) is 6. The number of aryl methyl sites for hydroxylation is 3. The summed E-state index contributed by atoms with van der Waals surface area (Å²) in [7, 11) is 0. The van der Waals surface area contributed by atoms with Crippen molar-refractivity contribution in [3.63, 3.8) is 0 Å². The van der Waals surface area contributed by atoms with E-state index in [0.717, 1.165) is 27.0 Å². The Labute approximate surface area is 163 Å². The monoisotopic (exact) mass is 387 g/mol. The predicted octanol–water partition coefficient (Wildman–Crippen LogP) is 5.60. The number of nitrogens with one attached hydrogen (secondary N) is 2. The van der Waals surface area contributed by atoms with Gasteiger partial charge < -0.3 is 10.6 Å². The molecule has 26 heavy (non-hydrogen) atoms. The molecule has 2 aromatic rings. The Balaban J connectivity index is 2.06. The van der Waals surface area contributed by atoms with Crippen molar-refractivity contribution in [2.45, 2.75) is 27.7 Å². The molecule has 0 radical (unpaired) electrons. The fourth-order valence-electron chi connectivity index (χ4n) is 2.27. The van der Waals surface area contributed by atoms with Crippen molar-refractivity contribution in [3.05, 3.63) is 75.4 Å². The number of nitrogens with zero attached hydrogens (tertiary/aromatic N) is 3. The number of hydrogen-bond donors (Lipinski definition) is 2. The third-order valence-corrected chi connectivity index (χ3v) is 4.76. The maximum Gasteiger partial charge on any atom is 0.134 e. The molecule has 7 heteroatoms. The number of rotatable bonds is 7. The quantitative estimate of drug-likeness (QED) is 0.603. The maximum atomic E-state index is 6.25. The molecule has 0 spiro atoms. The van der Waals surface area contributed by atoms with Gasteiger partial charge in [-0.2, -0.15) is 0 Å². The van der Waals surface area contributed by atoms with Gasteiger partial charge in [-0.3, -0.25) is 4.98 Å². The van der Waals surface area contributed by atoms with Crippen LogP contribution < -0.4 is 10.6 Å². The van der Waals surface area contributed by atoms with Gasteiger partial charge in [0.05, 0.1) is 21.4 Å². The zero-order valence-electron chi connectivity index (χ0n) is 15.4. The molecule has 0 atom stereocenters. The molecule has 0 unspecified atom stereocenters. The summed E-state index contributed by atoms with van der Waals surface area (Å²) in [6.45, 7) is 15.8. The van der Waals surface area contributed by atoms with E-state index in [1.54, 1.807) is 12.3 Å². The number of pyridine rings is 1. The van der Waals surface area contributed by atoms with Crippen molar-refractivity contribution in [2.75, 3.05) is 10.6 Å². The molecule has 0 bridgehead atoms. The van der Waals surface area contributed by atoms with Crippen LogP contribution in [0.2, 0.25) is 5.02 Å². The lowest BCUT2D eigenvalue weighted by Crippen LogP contribution is -2.05. The standard InChI is InChI=1S/C19H22ClN5S/c1-7-17(12(3)23-19-13(4)21-9-8-16(19)20)26-15(6)25-18-10-11(2)22-14(5)24-18/h7-10,23H,3,6H2,1-2,4-5H3,(H,22,24,25)/b17-7-. The lowest BCUT2D eigenvalue weighted by Gasteiger charge is -2.16. The van der Waals surface area contributed by atoms with Crippen LogP contribution in [0.3, 0.4) is 0 Å². The highest BCUT2D eigenvalue weighted by molar-refractivity contribution is 8.07. The van der Waals surface area contributed by atoms with Gasteiger partial charge in [0.15, 0.2) is 0 Å². The first kappa shape index (κ1) is 20.0. The predicted molar refractivity (Wildman–Crippen MR) is 112 cm³/mol. The molecule has 0 aliphatic carbocycles. The number of aromatic nitrogens is 3. The van der Waals surface area contributed by atoms with Gasteiger partial charge >= 0.3 is 0 Å². The van der Waals surface area contributed by atoms with Gasteiger partial charge in [-0.1, -0.05) is 42.6 Å². The average Bonchev–Trinajstić information content (AvgIpc) is 2.55. The van der Waals surface area contributed by atoms with E-state index in [0.29, 0.717) is 22.4 Å². The fraction of sp³-hybridized carbons (Fsp3) is 0.211. The van der Waals surface area contributed by atoms with Crippen LogP contribution in [0.4, 0.5) is 11.5 Å². The van der Waals surface area contributed by atoms with Crippen molar-refractivity contribution in [2.24, 2.45) is 0 Å². The van der Waals surface area contributed by atoms with Crippen molar-refractivity contribution < 1.29 is 0 Å².